The second-order valence-corrected chi connectivity index (χ2v) is 7.61. The van der Waals surface area contributed by atoms with Gasteiger partial charge in [0, 0.05) is 24.8 Å². The van der Waals surface area contributed by atoms with Crippen molar-refractivity contribution in [3.05, 3.63) is 12.5 Å². The lowest BCUT2D eigenvalue weighted by atomic mass is 9.76. The third-order valence-electron chi connectivity index (χ3n) is 4.63. The van der Waals surface area contributed by atoms with Crippen LogP contribution < -0.4 is 10.5 Å². The van der Waals surface area contributed by atoms with Gasteiger partial charge in [0.1, 0.15) is 0 Å². The fraction of sp³-hybridized carbons (Fsp3) is 0.786. The fourth-order valence-corrected chi connectivity index (χ4v) is 4.40. The monoisotopic (exact) mass is 314 g/mol. The molecule has 21 heavy (non-hydrogen) atoms. The summed E-state index contributed by atoms with van der Waals surface area (Å²) in [5.41, 5.74) is 5.38. The second kappa shape index (κ2) is 6.46. The van der Waals surface area contributed by atoms with Gasteiger partial charge in [0.2, 0.25) is 0 Å². The summed E-state index contributed by atoms with van der Waals surface area (Å²) in [6.07, 6.45) is 7.90. The molecule has 0 amide bonds. The molecule has 0 saturated heterocycles. The number of rotatable bonds is 6. The number of imidazole rings is 1. The van der Waals surface area contributed by atoms with Gasteiger partial charge in [0.15, 0.2) is 5.03 Å². The summed E-state index contributed by atoms with van der Waals surface area (Å²) < 4.78 is 29.6. The van der Waals surface area contributed by atoms with Crippen LogP contribution in [0.15, 0.2) is 17.6 Å². The molecule has 7 heteroatoms. The van der Waals surface area contributed by atoms with E-state index in [1.165, 1.54) is 6.33 Å². The van der Waals surface area contributed by atoms with E-state index in [0.29, 0.717) is 19.0 Å². The topological polar surface area (TPSA) is 90.0 Å². The van der Waals surface area contributed by atoms with Crippen molar-refractivity contribution >= 4 is 10.0 Å². The van der Waals surface area contributed by atoms with Gasteiger partial charge in [-0.1, -0.05) is 13.3 Å². The van der Waals surface area contributed by atoms with Gasteiger partial charge in [-0.05, 0) is 38.5 Å². The molecule has 0 unspecified atom stereocenters. The molecule has 2 rings (SSSR count). The minimum absolute atomic E-state index is 0.0785. The first kappa shape index (κ1) is 16.5. The second-order valence-electron chi connectivity index (χ2n) is 5.98. The average Bonchev–Trinajstić information content (AvgIpc) is 2.97. The van der Waals surface area contributed by atoms with E-state index in [0.717, 1.165) is 32.1 Å². The Labute approximate surface area is 127 Å². The molecule has 1 fully saturated rings. The van der Waals surface area contributed by atoms with Crippen LogP contribution in [0.5, 0.6) is 0 Å². The van der Waals surface area contributed by atoms with Crippen molar-refractivity contribution in [2.75, 3.05) is 6.54 Å². The zero-order valence-corrected chi connectivity index (χ0v) is 13.7. The third-order valence-corrected chi connectivity index (χ3v) is 6.09. The van der Waals surface area contributed by atoms with Crippen LogP contribution >= 0.6 is 0 Å². The molecule has 0 atom stereocenters. The summed E-state index contributed by atoms with van der Waals surface area (Å²) in [6, 6.07) is 0. The molecule has 1 aromatic rings. The quantitative estimate of drug-likeness (QED) is 0.832. The molecule has 1 heterocycles. The molecule has 3 N–H and O–H groups in total. The molecule has 1 aliphatic rings. The number of nitrogens with zero attached hydrogens (tertiary/aromatic N) is 2. The Morgan fingerprint density at radius 3 is 2.57 bits per heavy atom. The molecule has 1 saturated carbocycles. The van der Waals surface area contributed by atoms with E-state index in [9.17, 15) is 8.42 Å². The highest BCUT2D eigenvalue weighted by atomic mass is 32.2. The van der Waals surface area contributed by atoms with Gasteiger partial charge in [0.25, 0.3) is 10.0 Å². The number of hydrogen-bond donors (Lipinski definition) is 2. The first-order valence-electron chi connectivity index (χ1n) is 7.70. The van der Waals surface area contributed by atoms with Crippen LogP contribution in [-0.4, -0.2) is 30.1 Å². The first-order chi connectivity index (χ1) is 9.94. The van der Waals surface area contributed by atoms with Crippen molar-refractivity contribution in [2.45, 2.75) is 63.1 Å². The molecule has 0 aromatic carbocycles. The normalized spacial score (nSPS) is 26.9. The molecule has 120 valence electrons. The van der Waals surface area contributed by atoms with Crippen molar-refractivity contribution in [2.24, 2.45) is 11.7 Å². The Kier molecular flexibility index (Phi) is 5.06. The Balaban J connectivity index is 2.14. The fourth-order valence-electron chi connectivity index (χ4n) is 2.97. The zero-order chi connectivity index (χ0) is 15.5. The summed E-state index contributed by atoms with van der Waals surface area (Å²) in [7, 11) is -3.61. The summed E-state index contributed by atoms with van der Waals surface area (Å²) in [6.45, 7) is 5.15. The van der Waals surface area contributed by atoms with E-state index < -0.39 is 15.6 Å². The Hall–Kier alpha value is -0.920. The summed E-state index contributed by atoms with van der Waals surface area (Å²) >= 11 is 0. The van der Waals surface area contributed by atoms with E-state index in [1.54, 1.807) is 10.8 Å². The van der Waals surface area contributed by atoms with Crippen molar-refractivity contribution in [1.29, 1.82) is 0 Å². The number of hydrogen-bond acceptors (Lipinski definition) is 4. The van der Waals surface area contributed by atoms with Gasteiger partial charge in [-0.3, -0.25) is 0 Å². The lowest BCUT2D eigenvalue weighted by Crippen LogP contribution is -2.55. The van der Waals surface area contributed by atoms with Gasteiger partial charge < -0.3 is 10.3 Å². The molecular weight excluding hydrogens is 288 g/mol. The molecule has 1 aromatic heterocycles. The molecule has 6 nitrogen and oxygen atoms in total. The van der Waals surface area contributed by atoms with Crippen molar-refractivity contribution in [3.8, 4) is 0 Å². The SMILES string of the molecule is CCC1CCC(CN)(NS(=O)(=O)c2cn(CC)cn2)CC1. The highest BCUT2D eigenvalue weighted by Gasteiger charge is 2.38. The summed E-state index contributed by atoms with van der Waals surface area (Å²) in [4.78, 5) is 3.99. The van der Waals surface area contributed by atoms with Gasteiger partial charge in [-0.2, -0.15) is 0 Å². The van der Waals surface area contributed by atoms with Crippen LogP contribution in [0.1, 0.15) is 46.0 Å². The predicted molar refractivity (Wildman–Crippen MR) is 82.3 cm³/mol. The lowest BCUT2D eigenvalue weighted by molar-refractivity contribution is 0.217. The minimum atomic E-state index is -3.61. The van der Waals surface area contributed by atoms with E-state index in [2.05, 4.69) is 16.6 Å². The van der Waals surface area contributed by atoms with Crippen LogP contribution in [0.2, 0.25) is 0 Å². The van der Waals surface area contributed by atoms with E-state index in [1.807, 2.05) is 6.92 Å². The van der Waals surface area contributed by atoms with Gasteiger partial charge in [-0.15, -0.1) is 0 Å². The van der Waals surface area contributed by atoms with Crippen LogP contribution in [0.25, 0.3) is 0 Å². The van der Waals surface area contributed by atoms with Crippen LogP contribution in [0.3, 0.4) is 0 Å². The Morgan fingerprint density at radius 1 is 1.43 bits per heavy atom. The molecule has 0 spiro atoms. The smallest absolute Gasteiger partial charge is 0.260 e. The molecule has 0 aliphatic heterocycles. The Bertz CT molecular complexity index is 559. The summed E-state index contributed by atoms with van der Waals surface area (Å²) in [5.74, 6) is 0.688. The number of nitrogens with one attached hydrogen (secondary N) is 1. The number of aryl methyl sites for hydroxylation is 1. The van der Waals surface area contributed by atoms with Crippen LogP contribution in [0, 0.1) is 5.92 Å². The molecule has 0 radical (unpaired) electrons. The van der Waals surface area contributed by atoms with Crippen LogP contribution in [-0.2, 0) is 16.6 Å². The van der Waals surface area contributed by atoms with Crippen molar-refractivity contribution in [1.82, 2.24) is 14.3 Å². The lowest BCUT2D eigenvalue weighted by Gasteiger charge is -2.39. The molecular formula is C14H26N4O2S. The number of sulfonamides is 1. The number of nitrogens with two attached hydrogens (primary N) is 1. The predicted octanol–water partition coefficient (Wildman–Crippen LogP) is 1.48. The van der Waals surface area contributed by atoms with Crippen LogP contribution in [0.4, 0.5) is 0 Å². The maximum Gasteiger partial charge on any atom is 0.260 e. The molecule has 0 bridgehead atoms. The number of aromatic nitrogens is 2. The largest absolute Gasteiger partial charge is 0.336 e. The van der Waals surface area contributed by atoms with Gasteiger partial charge in [0.05, 0.1) is 6.33 Å². The highest BCUT2D eigenvalue weighted by Crippen LogP contribution is 2.34. The van der Waals surface area contributed by atoms with E-state index in [-0.39, 0.29) is 5.03 Å². The first-order valence-corrected chi connectivity index (χ1v) is 9.19. The van der Waals surface area contributed by atoms with E-state index in [4.69, 9.17) is 5.73 Å². The maximum absolute atomic E-state index is 12.5. The maximum atomic E-state index is 12.5. The Morgan fingerprint density at radius 2 is 2.10 bits per heavy atom. The zero-order valence-electron chi connectivity index (χ0n) is 12.9. The average molecular weight is 314 g/mol. The van der Waals surface area contributed by atoms with Crippen molar-refractivity contribution in [3.63, 3.8) is 0 Å². The molecule has 1 aliphatic carbocycles. The van der Waals surface area contributed by atoms with Gasteiger partial charge >= 0.3 is 0 Å². The third kappa shape index (κ3) is 3.64. The minimum Gasteiger partial charge on any atom is -0.336 e. The highest BCUT2D eigenvalue weighted by molar-refractivity contribution is 7.89. The van der Waals surface area contributed by atoms with Crippen molar-refractivity contribution < 1.29 is 8.42 Å². The van der Waals surface area contributed by atoms with E-state index >= 15 is 0 Å². The van der Waals surface area contributed by atoms with Gasteiger partial charge in [-0.25, -0.2) is 18.1 Å². The summed E-state index contributed by atoms with van der Waals surface area (Å²) in [5, 5.41) is 0.0785. The standard InChI is InChI=1S/C14H26N4O2S/c1-3-12-5-7-14(10-15,8-6-12)17-21(19,20)13-9-18(4-2)11-16-13/h9,11-12,17H,3-8,10,15H2,1-2H3.